The maximum Gasteiger partial charge on any atom is 0.287 e. The summed E-state index contributed by atoms with van der Waals surface area (Å²) in [5.41, 5.74) is 2.88. The van der Waals surface area contributed by atoms with Gasteiger partial charge in [-0.3, -0.25) is 4.79 Å². The Bertz CT molecular complexity index is 835. The van der Waals surface area contributed by atoms with E-state index in [9.17, 15) is 4.79 Å². The molecule has 3 aromatic carbocycles. The molecule has 0 aromatic heterocycles. The molecule has 0 saturated carbocycles. The van der Waals surface area contributed by atoms with Crippen LogP contribution in [0.15, 0.2) is 84.9 Å². The third kappa shape index (κ3) is 4.71. The number of ether oxygens (including phenoxy) is 1. The molecule has 3 N–H and O–H groups in total. The van der Waals surface area contributed by atoms with E-state index in [0.29, 0.717) is 5.75 Å². The summed E-state index contributed by atoms with van der Waals surface area (Å²) in [5.74, 6) is 0.660. The van der Waals surface area contributed by atoms with Crippen LogP contribution in [0.4, 0.5) is 5.69 Å². The zero-order valence-electron chi connectivity index (χ0n) is 14.8. The Labute approximate surface area is 153 Å². The van der Waals surface area contributed by atoms with Crippen molar-refractivity contribution < 1.29 is 14.8 Å². The molecule has 132 valence electrons. The molecule has 0 saturated heterocycles. The van der Waals surface area contributed by atoms with Gasteiger partial charge in [0.15, 0.2) is 6.04 Å². The molecule has 3 rings (SSSR count). The second kappa shape index (κ2) is 8.83. The van der Waals surface area contributed by atoms with Crippen molar-refractivity contribution in [2.75, 3.05) is 12.4 Å². The van der Waals surface area contributed by atoms with Crippen molar-refractivity contribution >= 4 is 11.6 Å². The van der Waals surface area contributed by atoms with E-state index in [0.717, 1.165) is 17.8 Å². The van der Waals surface area contributed by atoms with Crippen LogP contribution in [0.25, 0.3) is 0 Å². The van der Waals surface area contributed by atoms with Crippen LogP contribution >= 0.6 is 0 Å². The van der Waals surface area contributed by atoms with Crippen molar-refractivity contribution in [3.8, 4) is 5.75 Å². The highest BCUT2D eigenvalue weighted by molar-refractivity contribution is 5.94. The largest absolute Gasteiger partial charge is 0.497 e. The minimum atomic E-state index is -0.331. The second-order valence-corrected chi connectivity index (χ2v) is 6.03. The number of amides is 1. The van der Waals surface area contributed by atoms with E-state index in [1.807, 2.05) is 72.8 Å². The van der Waals surface area contributed by atoms with Gasteiger partial charge < -0.3 is 15.4 Å². The summed E-state index contributed by atoms with van der Waals surface area (Å²) in [5, 5.41) is 5.06. The van der Waals surface area contributed by atoms with E-state index < -0.39 is 0 Å². The highest BCUT2D eigenvalue weighted by Crippen LogP contribution is 2.18. The number of quaternary nitrogens is 1. The van der Waals surface area contributed by atoms with Gasteiger partial charge in [0, 0.05) is 22.9 Å². The number of anilines is 1. The van der Waals surface area contributed by atoms with Gasteiger partial charge >= 0.3 is 0 Å². The molecule has 0 bridgehead atoms. The van der Waals surface area contributed by atoms with E-state index in [1.54, 1.807) is 7.11 Å². The fourth-order valence-electron chi connectivity index (χ4n) is 2.84. The maximum absolute atomic E-state index is 13.0. The zero-order valence-corrected chi connectivity index (χ0v) is 14.8. The monoisotopic (exact) mass is 347 g/mol. The number of carbonyl (C=O) groups is 1. The molecule has 3 aromatic rings. The Morgan fingerprint density at radius 2 is 1.65 bits per heavy atom. The smallest absolute Gasteiger partial charge is 0.287 e. The first-order chi connectivity index (χ1) is 12.8. The highest BCUT2D eigenvalue weighted by atomic mass is 16.5. The number of benzene rings is 3. The first-order valence-corrected chi connectivity index (χ1v) is 8.63. The Balaban J connectivity index is 1.76. The van der Waals surface area contributed by atoms with E-state index in [2.05, 4.69) is 22.8 Å². The number of carbonyl (C=O) groups excluding carboxylic acids is 1. The predicted octanol–water partition coefficient (Wildman–Crippen LogP) is 3.14. The van der Waals surface area contributed by atoms with Crippen LogP contribution < -0.4 is 15.4 Å². The molecule has 1 amide bonds. The number of nitrogens with two attached hydrogens (primary N) is 1. The van der Waals surface area contributed by atoms with Crippen molar-refractivity contribution in [1.29, 1.82) is 0 Å². The standard InChI is InChI=1S/C22H22N2O2/c1-26-20-14-8-13-19(15-20)24-22(25)21(18-11-6-3-7-12-18)23-16-17-9-4-2-5-10-17/h2-15,21,23H,16H2,1H3,(H,24,25)/p+1/t21-/m0/s1. The Hall–Kier alpha value is -3.11. The van der Waals surface area contributed by atoms with Crippen LogP contribution in [0, 0.1) is 0 Å². The van der Waals surface area contributed by atoms with E-state index in [4.69, 9.17) is 4.74 Å². The van der Waals surface area contributed by atoms with Crippen molar-refractivity contribution in [1.82, 2.24) is 0 Å². The van der Waals surface area contributed by atoms with Crippen LogP contribution in [0.5, 0.6) is 5.75 Å². The predicted molar refractivity (Wildman–Crippen MR) is 103 cm³/mol. The van der Waals surface area contributed by atoms with Gasteiger partial charge in [-0.15, -0.1) is 0 Å². The van der Waals surface area contributed by atoms with Crippen LogP contribution in [-0.4, -0.2) is 13.0 Å². The number of nitrogens with one attached hydrogen (secondary N) is 1. The summed E-state index contributed by atoms with van der Waals surface area (Å²) >= 11 is 0. The molecule has 0 fully saturated rings. The van der Waals surface area contributed by atoms with Crippen molar-refractivity contribution in [3.05, 3.63) is 96.1 Å². The van der Waals surface area contributed by atoms with Gasteiger partial charge in [0.25, 0.3) is 5.91 Å². The lowest BCUT2D eigenvalue weighted by molar-refractivity contribution is -0.697. The van der Waals surface area contributed by atoms with Crippen molar-refractivity contribution in [2.45, 2.75) is 12.6 Å². The molecule has 4 nitrogen and oxygen atoms in total. The summed E-state index contributed by atoms with van der Waals surface area (Å²) in [6.07, 6.45) is 0. The lowest BCUT2D eigenvalue weighted by Crippen LogP contribution is -2.85. The van der Waals surface area contributed by atoms with Gasteiger partial charge in [0.1, 0.15) is 12.3 Å². The lowest BCUT2D eigenvalue weighted by atomic mass is 10.1. The SMILES string of the molecule is COc1cccc(NC(=O)[C@@H]([NH2+]Cc2ccccc2)c2ccccc2)c1. The molecule has 0 heterocycles. The molecular weight excluding hydrogens is 324 g/mol. The normalized spacial score (nSPS) is 11.6. The number of hydrogen-bond donors (Lipinski definition) is 2. The number of hydrogen-bond acceptors (Lipinski definition) is 2. The Morgan fingerprint density at radius 1 is 0.962 bits per heavy atom. The van der Waals surface area contributed by atoms with Crippen LogP contribution in [0.2, 0.25) is 0 Å². The average molecular weight is 347 g/mol. The number of rotatable bonds is 7. The summed E-state index contributed by atoms with van der Waals surface area (Å²) in [6, 6.07) is 27.0. The third-order valence-electron chi connectivity index (χ3n) is 4.21. The quantitative estimate of drug-likeness (QED) is 0.690. The molecule has 0 aliphatic heterocycles. The molecule has 0 aliphatic carbocycles. The molecule has 0 aliphatic rings. The van der Waals surface area contributed by atoms with E-state index >= 15 is 0 Å². The molecule has 1 atom stereocenters. The fraction of sp³-hybridized carbons (Fsp3) is 0.136. The summed E-state index contributed by atoms with van der Waals surface area (Å²) in [7, 11) is 1.61. The lowest BCUT2D eigenvalue weighted by Gasteiger charge is -2.16. The minimum absolute atomic E-state index is 0.0552. The highest BCUT2D eigenvalue weighted by Gasteiger charge is 2.24. The van der Waals surface area contributed by atoms with Gasteiger partial charge in [-0.05, 0) is 12.1 Å². The second-order valence-electron chi connectivity index (χ2n) is 6.03. The molecule has 0 radical (unpaired) electrons. The first-order valence-electron chi connectivity index (χ1n) is 8.63. The molecule has 0 unspecified atom stereocenters. The molecule has 26 heavy (non-hydrogen) atoms. The zero-order chi connectivity index (χ0) is 18.2. The van der Waals surface area contributed by atoms with E-state index in [1.165, 1.54) is 5.56 Å². The van der Waals surface area contributed by atoms with Crippen molar-refractivity contribution in [2.24, 2.45) is 0 Å². The fourth-order valence-corrected chi connectivity index (χ4v) is 2.84. The summed E-state index contributed by atoms with van der Waals surface area (Å²) in [4.78, 5) is 13.0. The van der Waals surface area contributed by atoms with Gasteiger partial charge in [-0.25, -0.2) is 0 Å². The topological polar surface area (TPSA) is 54.9 Å². The van der Waals surface area contributed by atoms with Gasteiger partial charge in [-0.2, -0.15) is 0 Å². The maximum atomic E-state index is 13.0. The van der Waals surface area contributed by atoms with Crippen LogP contribution in [0.1, 0.15) is 17.2 Å². The summed E-state index contributed by atoms with van der Waals surface area (Å²) < 4.78 is 5.23. The molecular formula is C22H23N2O2+. The number of methoxy groups -OCH3 is 1. The van der Waals surface area contributed by atoms with E-state index in [-0.39, 0.29) is 11.9 Å². The summed E-state index contributed by atoms with van der Waals surface area (Å²) in [6.45, 7) is 0.728. The van der Waals surface area contributed by atoms with Crippen molar-refractivity contribution in [3.63, 3.8) is 0 Å². The average Bonchev–Trinajstić information content (AvgIpc) is 2.70. The molecule has 4 heteroatoms. The van der Waals surface area contributed by atoms with Gasteiger partial charge in [0.05, 0.1) is 7.11 Å². The first kappa shape index (κ1) is 17.7. The minimum Gasteiger partial charge on any atom is -0.497 e. The Kier molecular flexibility index (Phi) is 6.01. The van der Waals surface area contributed by atoms with Crippen LogP contribution in [0.3, 0.4) is 0 Å². The molecule has 0 spiro atoms. The third-order valence-corrected chi connectivity index (χ3v) is 4.21. The van der Waals surface area contributed by atoms with Gasteiger partial charge in [-0.1, -0.05) is 66.7 Å². The van der Waals surface area contributed by atoms with Crippen LogP contribution in [-0.2, 0) is 11.3 Å². The van der Waals surface area contributed by atoms with Gasteiger partial charge in [0.2, 0.25) is 0 Å². The Morgan fingerprint density at radius 3 is 2.35 bits per heavy atom.